The van der Waals surface area contributed by atoms with Crippen LogP contribution in [-0.2, 0) is 25.8 Å². The van der Waals surface area contributed by atoms with Crippen molar-refractivity contribution < 1.29 is 23.1 Å². The zero-order chi connectivity index (χ0) is 14.0. The lowest BCUT2D eigenvalue weighted by Crippen LogP contribution is -2.41. The molecule has 1 aromatic carbocycles. The van der Waals surface area contributed by atoms with Gasteiger partial charge >= 0.3 is 5.97 Å². The Kier molecular flexibility index (Phi) is 3.91. The Balaban J connectivity index is 2.33. The molecule has 0 bridgehead atoms. The Labute approximate surface area is 112 Å². The van der Waals surface area contributed by atoms with E-state index >= 15 is 0 Å². The molecule has 19 heavy (non-hydrogen) atoms. The van der Waals surface area contributed by atoms with E-state index in [0.717, 1.165) is 0 Å². The van der Waals surface area contributed by atoms with E-state index in [9.17, 15) is 13.2 Å². The van der Waals surface area contributed by atoms with Crippen LogP contribution in [0.1, 0.15) is 12.5 Å². The SMILES string of the molecule is CC(Cc1ccccc1S(=O)(=O)C1COC1)C(=O)O. The summed E-state index contributed by atoms with van der Waals surface area (Å²) in [6.07, 6.45) is 0.207. The maximum atomic E-state index is 12.4. The molecule has 1 fully saturated rings. The van der Waals surface area contributed by atoms with Gasteiger partial charge < -0.3 is 9.84 Å². The molecule has 1 unspecified atom stereocenters. The van der Waals surface area contributed by atoms with Crippen LogP contribution in [0.5, 0.6) is 0 Å². The molecular weight excluding hydrogens is 268 g/mol. The Morgan fingerprint density at radius 1 is 1.42 bits per heavy atom. The second-order valence-corrected chi connectivity index (χ2v) is 6.95. The van der Waals surface area contributed by atoms with Crippen LogP contribution in [0.25, 0.3) is 0 Å². The smallest absolute Gasteiger partial charge is 0.306 e. The van der Waals surface area contributed by atoms with Gasteiger partial charge in [-0.15, -0.1) is 0 Å². The minimum absolute atomic E-state index is 0.207. The monoisotopic (exact) mass is 284 g/mol. The number of sulfone groups is 1. The summed E-state index contributed by atoms with van der Waals surface area (Å²) in [4.78, 5) is 11.1. The highest BCUT2D eigenvalue weighted by Crippen LogP contribution is 2.26. The van der Waals surface area contributed by atoms with Crippen LogP contribution in [-0.4, -0.2) is 38.0 Å². The van der Waals surface area contributed by atoms with Crippen molar-refractivity contribution in [1.29, 1.82) is 0 Å². The van der Waals surface area contributed by atoms with Gasteiger partial charge in [0.1, 0.15) is 5.25 Å². The van der Waals surface area contributed by atoms with Gasteiger partial charge in [0.15, 0.2) is 9.84 Å². The lowest BCUT2D eigenvalue weighted by Gasteiger charge is -2.26. The molecular formula is C13H16O5S. The maximum absolute atomic E-state index is 12.4. The predicted molar refractivity (Wildman–Crippen MR) is 68.7 cm³/mol. The first-order valence-electron chi connectivity index (χ1n) is 6.05. The van der Waals surface area contributed by atoms with E-state index in [-0.39, 0.29) is 24.5 Å². The van der Waals surface area contributed by atoms with Crippen LogP contribution in [0, 0.1) is 5.92 Å². The van der Waals surface area contributed by atoms with E-state index in [4.69, 9.17) is 9.84 Å². The highest BCUT2D eigenvalue weighted by molar-refractivity contribution is 7.92. The fraction of sp³-hybridized carbons (Fsp3) is 0.462. The predicted octanol–water partition coefficient (Wildman–Crippen LogP) is 1.12. The van der Waals surface area contributed by atoms with E-state index in [1.54, 1.807) is 25.1 Å². The zero-order valence-electron chi connectivity index (χ0n) is 10.6. The molecule has 2 rings (SSSR count). The third-order valence-electron chi connectivity index (χ3n) is 3.27. The first kappa shape index (κ1) is 14.0. The minimum atomic E-state index is -3.42. The van der Waals surface area contributed by atoms with E-state index < -0.39 is 27.0 Å². The Morgan fingerprint density at radius 2 is 2.05 bits per heavy atom. The van der Waals surface area contributed by atoms with Crippen LogP contribution in [0.4, 0.5) is 0 Å². The summed E-state index contributed by atoms with van der Waals surface area (Å²) in [5, 5.41) is 8.43. The van der Waals surface area contributed by atoms with Gasteiger partial charge in [-0.3, -0.25) is 4.79 Å². The molecule has 1 N–H and O–H groups in total. The van der Waals surface area contributed by atoms with Gasteiger partial charge in [0.25, 0.3) is 0 Å². The molecule has 1 heterocycles. The molecule has 0 aliphatic carbocycles. The van der Waals surface area contributed by atoms with Crippen molar-refractivity contribution >= 4 is 15.8 Å². The van der Waals surface area contributed by atoms with Crippen molar-refractivity contribution in [1.82, 2.24) is 0 Å². The quantitative estimate of drug-likeness (QED) is 0.876. The molecule has 104 valence electrons. The van der Waals surface area contributed by atoms with Gasteiger partial charge in [0.05, 0.1) is 24.0 Å². The van der Waals surface area contributed by atoms with Gasteiger partial charge in [-0.2, -0.15) is 0 Å². The highest BCUT2D eigenvalue weighted by Gasteiger charge is 2.35. The Morgan fingerprint density at radius 3 is 2.58 bits per heavy atom. The molecule has 0 amide bonds. The van der Waals surface area contributed by atoms with Crippen molar-refractivity contribution in [3.8, 4) is 0 Å². The van der Waals surface area contributed by atoms with Crippen LogP contribution in [0.2, 0.25) is 0 Å². The van der Waals surface area contributed by atoms with Gasteiger partial charge in [-0.05, 0) is 18.1 Å². The summed E-state index contributed by atoms with van der Waals surface area (Å²) in [5.41, 5.74) is 0.560. The van der Waals surface area contributed by atoms with Crippen LogP contribution >= 0.6 is 0 Å². The molecule has 1 saturated heterocycles. The highest BCUT2D eigenvalue weighted by atomic mass is 32.2. The number of benzene rings is 1. The third kappa shape index (κ3) is 2.79. The lowest BCUT2D eigenvalue weighted by atomic mass is 10.0. The first-order chi connectivity index (χ1) is 8.93. The normalized spacial score (nSPS) is 17.7. The first-order valence-corrected chi connectivity index (χ1v) is 7.60. The summed E-state index contributed by atoms with van der Waals surface area (Å²) in [5.74, 6) is -1.55. The van der Waals surface area contributed by atoms with E-state index in [1.807, 2.05) is 0 Å². The summed E-state index contributed by atoms with van der Waals surface area (Å²) >= 11 is 0. The second-order valence-electron chi connectivity index (χ2n) is 4.76. The largest absolute Gasteiger partial charge is 0.481 e. The number of aliphatic carboxylic acids is 1. The molecule has 1 atom stereocenters. The molecule has 1 aliphatic heterocycles. The van der Waals surface area contributed by atoms with Gasteiger partial charge in [0, 0.05) is 0 Å². The van der Waals surface area contributed by atoms with E-state index in [0.29, 0.717) is 5.56 Å². The third-order valence-corrected chi connectivity index (χ3v) is 5.43. The molecule has 0 saturated carbocycles. The standard InChI is InChI=1S/C13H16O5S/c1-9(13(14)15)6-10-4-2-3-5-12(10)19(16,17)11-7-18-8-11/h2-5,9,11H,6-8H2,1H3,(H,14,15). The number of carboxylic acids is 1. The molecule has 0 radical (unpaired) electrons. The lowest BCUT2D eigenvalue weighted by molar-refractivity contribution is -0.141. The van der Waals surface area contributed by atoms with Crippen molar-refractivity contribution in [2.45, 2.75) is 23.5 Å². The Bertz CT molecular complexity index is 574. The number of carbonyl (C=O) groups is 1. The maximum Gasteiger partial charge on any atom is 0.306 e. The molecule has 6 heteroatoms. The average molecular weight is 284 g/mol. The van der Waals surface area contributed by atoms with Crippen LogP contribution in [0.3, 0.4) is 0 Å². The molecule has 0 spiro atoms. The topological polar surface area (TPSA) is 80.7 Å². The van der Waals surface area contributed by atoms with E-state index in [1.165, 1.54) is 6.07 Å². The van der Waals surface area contributed by atoms with Gasteiger partial charge in [0.2, 0.25) is 0 Å². The number of hydrogen-bond acceptors (Lipinski definition) is 4. The molecule has 5 nitrogen and oxygen atoms in total. The summed E-state index contributed by atoms with van der Waals surface area (Å²) in [6, 6.07) is 6.59. The summed E-state index contributed by atoms with van der Waals surface area (Å²) < 4.78 is 29.6. The van der Waals surface area contributed by atoms with E-state index in [2.05, 4.69) is 0 Å². The van der Waals surface area contributed by atoms with Crippen molar-refractivity contribution in [3.63, 3.8) is 0 Å². The minimum Gasteiger partial charge on any atom is -0.481 e. The molecule has 0 aromatic heterocycles. The summed E-state index contributed by atoms with van der Waals surface area (Å²) in [7, 11) is -3.42. The van der Waals surface area contributed by atoms with Crippen LogP contribution < -0.4 is 0 Å². The number of carboxylic acid groups (broad SMARTS) is 1. The number of rotatable bonds is 5. The Hall–Kier alpha value is -1.40. The second kappa shape index (κ2) is 5.30. The van der Waals surface area contributed by atoms with Crippen molar-refractivity contribution in [2.24, 2.45) is 5.92 Å². The fourth-order valence-electron chi connectivity index (χ4n) is 1.94. The average Bonchev–Trinajstić information content (AvgIpc) is 2.26. The zero-order valence-corrected chi connectivity index (χ0v) is 11.4. The van der Waals surface area contributed by atoms with Crippen molar-refractivity contribution in [2.75, 3.05) is 13.2 Å². The summed E-state index contributed by atoms with van der Waals surface area (Å²) in [6.45, 7) is 1.99. The van der Waals surface area contributed by atoms with Crippen LogP contribution in [0.15, 0.2) is 29.2 Å². The van der Waals surface area contributed by atoms with Gasteiger partial charge in [-0.1, -0.05) is 25.1 Å². The fourth-order valence-corrected chi connectivity index (χ4v) is 3.63. The molecule has 1 aliphatic rings. The van der Waals surface area contributed by atoms with Crippen molar-refractivity contribution in [3.05, 3.63) is 29.8 Å². The van der Waals surface area contributed by atoms with Gasteiger partial charge in [-0.25, -0.2) is 8.42 Å². The number of hydrogen-bond donors (Lipinski definition) is 1. The number of ether oxygens (including phenoxy) is 1. The molecule has 1 aromatic rings.